The lowest BCUT2D eigenvalue weighted by Gasteiger charge is -2.08. The van der Waals surface area contributed by atoms with Crippen molar-refractivity contribution < 1.29 is 4.74 Å². The molecule has 0 atom stereocenters. The fourth-order valence-corrected chi connectivity index (χ4v) is 2.16. The Hall–Kier alpha value is -2.88. The summed E-state index contributed by atoms with van der Waals surface area (Å²) < 4.78 is 5.22. The summed E-state index contributed by atoms with van der Waals surface area (Å²) in [5.74, 6) is 1.55. The number of hydrogen-bond donors (Lipinski definition) is 1. The predicted octanol–water partition coefficient (Wildman–Crippen LogP) is 4.20. The molecule has 2 aromatic carbocycles. The second kappa shape index (κ2) is 6.26. The molecular formula is C18H17N3O. The van der Waals surface area contributed by atoms with Gasteiger partial charge in [-0.15, -0.1) is 0 Å². The third-order valence-electron chi connectivity index (χ3n) is 3.36. The summed E-state index contributed by atoms with van der Waals surface area (Å²) in [5, 5.41) is 3.27. The summed E-state index contributed by atoms with van der Waals surface area (Å²) in [7, 11) is 1.65. The summed E-state index contributed by atoms with van der Waals surface area (Å²) in [5.41, 5.74) is 4.11. The summed E-state index contributed by atoms with van der Waals surface area (Å²) >= 11 is 0. The van der Waals surface area contributed by atoms with E-state index in [1.807, 2.05) is 30.3 Å². The monoisotopic (exact) mass is 291 g/mol. The van der Waals surface area contributed by atoms with Crippen LogP contribution in [0.4, 0.5) is 11.5 Å². The van der Waals surface area contributed by atoms with Crippen molar-refractivity contribution in [2.75, 3.05) is 12.4 Å². The lowest BCUT2D eigenvalue weighted by Crippen LogP contribution is -1.96. The van der Waals surface area contributed by atoms with Crippen LogP contribution in [0, 0.1) is 6.92 Å². The van der Waals surface area contributed by atoms with Gasteiger partial charge in [0, 0.05) is 23.4 Å². The summed E-state index contributed by atoms with van der Waals surface area (Å²) in [6.45, 7) is 2.07. The summed E-state index contributed by atoms with van der Waals surface area (Å²) in [6.07, 6.45) is 1.57. The molecule has 0 aliphatic rings. The SMILES string of the molecule is COc1cccc(Nc2cc(-c3ccc(C)cc3)ncn2)c1. The van der Waals surface area contributed by atoms with Gasteiger partial charge in [-0.1, -0.05) is 35.9 Å². The molecule has 1 aromatic heterocycles. The Kier molecular flexibility index (Phi) is 4.01. The molecule has 3 aromatic rings. The number of benzene rings is 2. The molecule has 4 heteroatoms. The highest BCUT2D eigenvalue weighted by molar-refractivity contribution is 5.65. The van der Waals surface area contributed by atoms with Crippen LogP contribution in [0.5, 0.6) is 5.75 Å². The molecule has 4 nitrogen and oxygen atoms in total. The molecule has 0 aliphatic heterocycles. The number of aryl methyl sites for hydroxylation is 1. The van der Waals surface area contributed by atoms with Gasteiger partial charge in [-0.25, -0.2) is 9.97 Å². The van der Waals surface area contributed by atoms with Gasteiger partial charge in [0.05, 0.1) is 12.8 Å². The van der Waals surface area contributed by atoms with Crippen LogP contribution in [-0.2, 0) is 0 Å². The quantitative estimate of drug-likeness (QED) is 0.782. The van der Waals surface area contributed by atoms with Crippen molar-refractivity contribution in [3.63, 3.8) is 0 Å². The van der Waals surface area contributed by atoms with Crippen LogP contribution in [-0.4, -0.2) is 17.1 Å². The molecule has 1 N–H and O–H groups in total. The molecule has 0 radical (unpaired) electrons. The number of nitrogens with zero attached hydrogens (tertiary/aromatic N) is 2. The van der Waals surface area contributed by atoms with Crippen molar-refractivity contribution >= 4 is 11.5 Å². The highest BCUT2D eigenvalue weighted by Gasteiger charge is 2.03. The average Bonchev–Trinajstić information content (AvgIpc) is 2.56. The molecule has 22 heavy (non-hydrogen) atoms. The second-order valence-electron chi connectivity index (χ2n) is 5.01. The van der Waals surface area contributed by atoms with E-state index in [0.29, 0.717) is 0 Å². The van der Waals surface area contributed by atoms with Crippen molar-refractivity contribution in [2.24, 2.45) is 0 Å². The lowest BCUT2D eigenvalue weighted by atomic mass is 10.1. The van der Waals surface area contributed by atoms with E-state index in [-0.39, 0.29) is 0 Å². The minimum Gasteiger partial charge on any atom is -0.497 e. The Morgan fingerprint density at radius 2 is 1.77 bits per heavy atom. The van der Waals surface area contributed by atoms with Crippen LogP contribution in [0.1, 0.15) is 5.56 Å². The van der Waals surface area contributed by atoms with Gasteiger partial charge in [0.2, 0.25) is 0 Å². The van der Waals surface area contributed by atoms with Gasteiger partial charge in [0.1, 0.15) is 17.9 Å². The van der Waals surface area contributed by atoms with Crippen molar-refractivity contribution in [1.82, 2.24) is 9.97 Å². The molecule has 0 aliphatic carbocycles. The van der Waals surface area contributed by atoms with Crippen LogP contribution in [0.25, 0.3) is 11.3 Å². The molecular weight excluding hydrogens is 274 g/mol. The predicted molar refractivity (Wildman–Crippen MR) is 88.5 cm³/mol. The number of nitrogens with one attached hydrogen (secondary N) is 1. The maximum atomic E-state index is 5.22. The topological polar surface area (TPSA) is 47.0 Å². The molecule has 0 spiro atoms. The number of hydrogen-bond acceptors (Lipinski definition) is 4. The summed E-state index contributed by atoms with van der Waals surface area (Å²) in [6, 6.07) is 17.9. The van der Waals surface area contributed by atoms with Crippen molar-refractivity contribution in [2.45, 2.75) is 6.92 Å². The van der Waals surface area contributed by atoms with Crippen molar-refractivity contribution in [1.29, 1.82) is 0 Å². The molecule has 1 heterocycles. The van der Waals surface area contributed by atoms with E-state index in [9.17, 15) is 0 Å². The highest BCUT2D eigenvalue weighted by atomic mass is 16.5. The van der Waals surface area contributed by atoms with Crippen LogP contribution < -0.4 is 10.1 Å². The first kappa shape index (κ1) is 14.1. The first-order valence-corrected chi connectivity index (χ1v) is 7.05. The Morgan fingerprint density at radius 3 is 2.55 bits per heavy atom. The van der Waals surface area contributed by atoms with Crippen LogP contribution in [0.2, 0.25) is 0 Å². The fraction of sp³-hybridized carbons (Fsp3) is 0.111. The van der Waals surface area contributed by atoms with E-state index in [0.717, 1.165) is 28.5 Å². The Balaban J connectivity index is 1.86. The van der Waals surface area contributed by atoms with Gasteiger partial charge >= 0.3 is 0 Å². The molecule has 0 saturated heterocycles. The zero-order valence-electron chi connectivity index (χ0n) is 12.6. The molecule has 0 amide bonds. The second-order valence-corrected chi connectivity index (χ2v) is 5.01. The Labute approximate surface area is 129 Å². The van der Waals surface area contributed by atoms with Crippen molar-refractivity contribution in [3.05, 3.63) is 66.5 Å². The van der Waals surface area contributed by atoms with Crippen LogP contribution in [0.3, 0.4) is 0 Å². The largest absolute Gasteiger partial charge is 0.497 e. The average molecular weight is 291 g/mol. The molecule has 110 valence electrons. The smallest absolute Gasteiger partial charge is 0.134 e. The van der Waals surface area contributed by atoms with E-state index < -0.39 is 0 Å². The number of aromatic nitrogens is 2. The maximum Gasteiger partial charge on any atom is 0.134 e. The van der Waals surface area contributed by atoms with Gasteiger partial charge in [-0.2, -0.15) is 0 Å². The molecule has 0 fully saturated rings. The number of methoxy groups -OCH3 is 1. The van der Waals surface area contributed by atoms with Crippen LogP contribution in [0.15, 0.2) is 60.9 Å². The standard InChI is InChI=1S/C18H17N3O/c1-13-6-8-14(9-7-13)17-11-18(20-12-19-17)21-15-4-3-5-16(10-15)22-2/h3-12H,1-2H3,(H,19,20,21). The normalized spacial score (nSPS) is 10.3. The zero-order chi connectivity index (χ0) is 15.4. The minimum absolute atomic E-state index is 0.749. The highest BCUT2D eigenvalue weighted by Crippen LogP contribution is 2.23. The minimum atomic E-state index is 0.749. The van der Waals surface area contributed by atoms with Gasteiger partial charge in [0.15, 0.2) is 0 Å². The molecule has 0 bridgehead atoms. The third-order valence-corrected chi connectivity index (χ3v) is 3.36. The number of anilines is 2. The van der Waals surface area contributed by atoms with Gasteiger partial charge in [-0.3, -0.25) is 0 Å². The Bertz CT molecular complexity index is 769. The molecule has 0 unspecified atom stereocenters. The lowest BCUT2D eigenvalue weighted by molar-refractivity contribution is 0.415. The maximum absolute atomic E-state index is 5.22. The van der Waals surface area contributed by atoms with Crippen molar-refractivity contribution in [3.8, 4) is 17.0 Å². The van der Waals surface area contributed by atoms with E-state index in [2.05, 4.69) is 46.5 Å². The van der Waals surface area contributed by atoms with Crippen LogP contribution >= 0.6 is 0 Å². The third kappa shape index (κ3) is 3.23. The number of rotatable bonds is 4. The van der Waals surface area contributed by atoms with E-state index in [4.69, 9.17) is 4.74 Å². The first-order valence-electron chi connectivity index (χ1n) is 7.05. The number of ether oxygens (including phenoxy) is 1. The fourth-order valence-electron chi connectivity index (χ4n) is 2.16. The van der Waals surface area contributed by atoms with E-state index in [1.165, 1.54) is 5.56 Å². The van der Waals surface area contributed by atoms with Gasteiger partial charge < -0.3 is 10.1 Å². The molecule has 3 rings (SSSR count). The van der Waals surface area contributed by atoms with Gasteiger partial charge in [-0.05, 0) is 19.1 Å². The molecule has 0 saturated carbocycles. The van der Waals surface area contributed by atoms with E-state index in [1.54, 1.807) is 13.4 Å². The van der Waals surface area contributed by atoms with E-state index >= 15 is 0 Å². The van der Waals surface area contributed by atoms with Gasteiger partial charge in [0.25, 0.3) is 0 Å². The first-order chi connectivity index (χ1) is 10.7. The summed E-state index contributed by atoms with van der Waals surface area (Å²) in [4.78, 5) is 8.61. The Morgan fingerprint density at radius 1 is 0.955 bits per heavy atom. The zero-order valence-corrected chi connectivity index (χ0v) is 12.6.